The molecule has 0 aromatic carbocycles. The van der Waals surface area contributed by atoms with Crippen LogP contribution in [-0.4, -0.2) is 70.7 Å². The molecule has 0 bridgehead atoms. The molecule has 0 saturated carbocycles. The lowest BCUT2D eigenvalue weighted by Gasteiger charge is -2.26. The van der Waals surface area contributed by atoms with Crippen molar-refractivity contribution in [3.8, 4) is 0 Å². The van der Waals surface area contributed by atoms with Gasteiger partial charge in [0.25, 0.3) is 0 Å². The molecule has 1 saturated heterocycles. The van der Waals surface area contributed by atoms with E-state index in [2.05, 4.69) is 23.3 Å². The number of carbonyl (C=O) groups excluding carboxylic acids is 3. The van der Waals surface area contributed by atoms with Crippen LogP contribution in [-0.2, 0) is 19.2 Å². The molecular formula is C13H22N4O5S. The molecule has 5 N–H and O–H groups in total. The van der Waals surface area contributed by atoms with Gasteiger partial charge in [-0.3, -0.25) is 14.4 Å². The van der Waals surface area contributed by atoms with E-state index in [4.69, 9.17) is 10.8 Å². The summed E-state index contributed by atoms with van der Waals surface area (Å²) in [5.41, 5.74) is 5.35. The summed E-state index contributed by atoms with van der Waals surface area (Å²) in [7, 11) is 0. The van der Waals surface area contributed by atoms with Crippen molar-refractivity contribution in [2.75, 3.05) is 18.8 Å². The first kappa shape index (κ1) is 19.2. The van der Waals surface area contributed by atoms with Gasteiger partial charge in [0.05, 0.1) is 12.6 Å². The van der Waals surface area contributed by atoms with Crippen molar-refractivity contribution in [3.05, 3.63) is 0 Å². The lowest BCUT2D eigenvalue weighted by Crippen LogP contribution is -2.54. The molecule has 0 aromatic heterocycles. The number of nitrogens with two attached hydrogens (primary N) is 1. The van der Waals surface area contributed by atoms with Crippen LogP contribution in [0.2, 0.25) is 0 Å². The number of carboxylic acids is 1. The van der Waals surface area contributed by atoms with Crippen molar-refractivity contribution < 1.29 is 24.3 Å². The topological polar surface area (TPSA) is 142 Å². The Hall–Kier alpha value is -1.81. The molecule has 1 fully saturated rings. The van der Waals surface area contributed by atoms with Gasteiger partial charge in [0.1, 0.15) is 12.1 Å². The van der Waals surface area contributed by atoms with Crippen molar-refractivity contribution in [2.45, 2.75) is 37.9 Å². The number of amides is 3. The van der Waals surface area contributed by atoms with Crippen LogP contribution in [0.25, 0.3) is 0 Å². The Morgan fingerprint density at radius 1 is 1.39 bits per heavy atom. The zero-order chi connectivity index (χ0) is 17.6. The number of hydrogen-bond acceptors (Lipinski definition) is 6. The zero-order valence-electron chi connectivity index (χ0n) is 12.8. The second-order valence-corrected chi connectivity index (χ2v) is 5.70. The molecule has 10 heteroatoms. The van der Waals surface area contributed by atoms with Crippen LogP contribution in [0.15, 0.2) is 0 Å². The molecule has 1 aliphatic heterocycles. The van der Waals surface area contributed by atoms with Crippen molar-refractivity contribution in [2.24, 2.45) is 5.73 Å². The third kappa shape index (κ3) is 5.39. The third-order valence-electron chi connectivity index (χ3n) is 3.47. The average Bonchev–Trinajstić information content (AvgIpc) is 2.99. The Bertz CT molecular complexity index is 485. The predicted octanol–water partition coefficient (Wildman–Crippen LogP) is -2.06. The first-order valence-corrected chi connectivity index (χ1v) is 7.88. The minimum atomic E-state index is -1.07. The van der Waals surface area contributed by atoms with Gasteiger partial charge in [0.2, 0.25) is 17.7 Å². The van der Waals surface area contributed by atoms with Gasteiger partial charge in [-0.1, -0.05) is 0 Å². The third-order valence-corrected chi connectivity index (χ3v) is 3.84. The minimum Gasteiger partial charge on any atom is -0.480 e. The Morgan fingerprint density at radius 2 is 2.04 bits per heavy atom. The maximum atomic E-state index is 12.4. The van der Waals surface area contributed by atoms with Crippen LogP contribution in [0.1, 0.15) is 19.8 Å². The molecule has 0 spiro atoms. The summed E-state index contributed by atoms with van der Waals surface area (Å²) < 4.78 is 0. The molecule has 1 rings (SSSR count). The standard InChI is InChI=1S/C13H22N4O5S/c1-7(14)11(19)15-5-10(18)16-8(6-23)12(20)17-4-2-3-9(17)13(21)22/h7-9,23H,2-6,14H2,1H3,(H,15,19)(H,16,18)(H,21,22). The number of nitrogens with zero attached hydrogens (tertiary/aromatic N) is 1. The maximum absolute atomic E-state index is 12.4. The molecule has 3 unspecified atom stereocenters. The Kier molecular flexibility index (Phi) is 7.30. The number of hydrogen-bond donors (Lipinski definition) is 5. The highest BCUT2D eigenvalue weighted by molar-refractivity contribution is 7.80. The van der Waals surface area contributed by atoms with E-state index in [0.29, 0.717) is 19.4 Å². The van der Waals surface area contributed by atoms with Crippen LogP contribution in [0.3, 0.4) is 0 Å². The first-order valence-electron chi connectivity index (χ1n) is 7.24. The van der Waals surface area contributed by atoms with E-state index >= 15 is 0 Å². The molecule has 3 amide bonds. The van der Waals surface area contributed by atoms with Gasteiger partial charge < -0.3 is 26.4 Å². The summed E-state index contributed by atoms with van der Waals surface area (Å²) in [6.07, 6.45) is 0.985. The number of carboxylic acid groups (broad SMARTS) is 1. The van der Waals surface area contributed by atoms with Gasteiger partial charge in [0, 0.05) is 12.3 Å². The van der Waals surface area contributed by atoms with Crippen molar-refractivity contribution in [1.29, 1.82) is 0 Å². The van der Waals surface area contributed by atoms with E-state index in [1.54, 1.807) is 0 Å². The highest BCUT2D eigenvalue weighted by Crippen LogP contribution is 2.18. The molecule has 3 atom stereocenters. The fourth-order valence-corrected chi connectivity index (χ4v) is 2.49. The lowest BCUT2D eigenvalue weighted by atomic mass is 10.2. The number of likely N-dealkylation sites (tertiary alicyclic amines) is 1. The highest BCUT2D eigenvalue weighted by Gasteiger charge is 2.37. The predicted molar refractivity (Wildman–Crippen MR) is 84.8 cm³/mol. The van der Waals surface area contributed by atoms with E-state index in [0.717, 1.165) is 0 Å². The Morgan fingerprint density at radius 3 is 2.57 bits per heavy atom. The molecule has 1 heterocycles. The number of nitrogens with one attached hydrogen (secondary N) is 2. The fourth-order valence-electron chi connectivity index (χ4n) is 2.25. The second-order valence-electron chi connectivity index (χ2n) is 5.34. The summed E-state index contributed by atoms with van der Waals surface area (Å²) >= 11 is 4.03. The fraction of sp³-hybridized carbons (Fsp3) is 0.692. The van der Waals surface area contributed by atoms with Crippen LogP contribution < -0.4 is 16.4 Å². The van der Waals surface area contributed by atoms with Gasteiger partial charge in [-0.25, -0.2) is 4.79 Å². The van der Waals surface area contributed by atoms with Crippen LogP contribution in [0, 0.1) is 0 Å². The molecule has 0 aromatic rings. The van der Waals surface area contributed by atoms with Crippen LogP contribution in [0.5, 0.6) is 0 Å². The summed E-state index contributed by atoms with van der Waals surface area (Å²) in [5, 5.41) is 13.9. The smallest absolute Gasteiger partial charge is 0.326 e. The quantitative estimate of drug-likeness (QED) is 0.336. The molecular weight excluding hydrogens is 324 g/mol. The average molecular weight is 346 g/mol. The van der Waals surface area contributed by atoms with E-state index < -0.39 is 41.8 Å². The first-order chi connectivity index (χ1) is 10.8. The minimum absolute atomic E-state index is 0.0225. The zero-order valence-corrected chi connectivity index (χ0v) is 13.7. The van der Waals surface area contributed by atoms with Gasteiger partial charge in [-0.05, 0) is 19.8 Å². The lowest BCUT2D eigenvalue weighted by molar-refractivity contribution is -0.149. The van der Waals surface area contributed by atoms with E-state index in [1.807, 2.05) is 0 Å². The van der Waals surface area contributed by atoms with Gasteiger partial charge in [0.15, 0.2) is 0 Å². The number of carbonyl (C=O) groups is 4. The maximum Gasteiger partial charge on any atom is 0.326 e. The van der Waals surface area contributed by atoms with Gasteiger partial charge in [-0.15, -0.1) is 0 Å². The Labute approximate surface area is 139 Å². The van der Waals surface area contributed by atoms with Crippen molar-refractivity contribution in [1.82, 2.24) is 15.5 Å². The largest absolute Gasteiger partial charge is 0.480 e. The van der Waals surface area contributed by atoms with E-state index in [9.17, 15) is 19.2 Å². The van der Waals surface area contributed by atoms with E-state index in [-0.39, 0.29) is 12.3 Å². The van der Waals surface area contributed by atoms with E-state index in [1.165, 1.54) is 11.8 Å². The normalized spacial score (nSPS) is 19.8. The summed E-state index contributed by atoms with van der Waals surface area (Å²) in [4.78, 5) is 47.8. The number of thiol groups is 1. The number of rotatable bonds is 7. The molecule has 130 valence electrons. The number of aliphatic carboxylic acids is 1. The van der Waals surface area contributed by atoms with Crippen molar-refractivity contribution in [3.63, 3.8) is 0 Å². The second kappa shape index (κ2) is 8.73. The van der Waals surface area contributed by atoms with Gasteiger partial charge in [-0.2, -0.15) is 12.6 Å². The van der Waals surface area contributed by atoms with Crippen LogP contribution >= 0.6 is 12.6 Å². The Balaban J connectivity index is 2.58. The monoisotopic (exact) mass is 346 g/mol. The van der Waals surface area contributed by atoms with Crippen molar-refractivity contribution >= 4 is 36.3 Å². The summed E-state index contributed by atoms with van der Waals surface area (Å²) in [5.74, 6) is -2.59. The molecule has 1 aliphatic rings. The molecule has 0 radical (unpaired) electrons. The summed E-state index contributed by atoms with van der Waals surface area (Å²) in [6, 6.07) is -2.57. The summed E-state index contributed by atoms with van der Waals surface area (Å²) in [6.45, 7) is 1.49. The SMILES string of the molecule is CC(N)C(=O)NCC(=O)NC(CS)C(=O)N1CCCC1C(=O)O. The van der Waals surface area contributed by atoms with Crippen LogP contribution in [0.4, 0.5) is 0 Å². The highest BCUT2D eigenvalue weighted by atomic mass is 32.1. The molecule has 9 nitrogen and oxygen atoms in total. The molecule has 0 aliphatic carbocycles. The molecule has 23 heavy (non-hydrogen) atoms. The van der Waals surface area contributed by atoms with Gasteiger partial charge >= 0.3 is 5.97 Å².